The number of ether oxygens (including phenoxy) is 2. The van der Waals surface area contributed by atoms with E-state index in [-0.39, 0.29) is 38.8 Å². The monoisotopic (exact) mass is 891 g/mol. The molecule has 0 unspecified atom stereocenters. The van der Waals surface area contributed by atoms with Crippen molar-refractivity contribution in [2.24, 2.45) is 0 Å². The minimum Gasteiger partial charge on any atom is -0.493 e. The molecule has 0 spiro atoms. The number of aromatic nitrogens is 2. The molecule has 2 aromatic carbocycles. The fraction of sp³-hybridized carbons (Fsp3) is 0.708. The van der Waals surface area contributed by atoms with Gasteiger partial charge < -0.3 is 32.0 Å². The van der Waals surface area contributed by atoms with Crippen molar-refractivity contribution in [1.29, 1.82) is 0 Å². The van der Waals surface area contributed by atoms with Crippen LogP contribution < -0.4 is 9.47 Å². The zero-order chi connectivity index (χ0) is 44.0. The van der Waals surface area contributed by atoms with Gasteiger partial charge in [0.15, 0.2) is 0 Å². The van der Waals surface area contributed by atoms with Gasteiger partial charge in [-0.3, -0.25) is 9.13 Å². The standard InChI is InChI=1S/C48H80N2O9P2/c1-7-13-15-17-19-21-23-25-27-29-35-53-45-37-41(39-60(51,55-9-3)56-10-4)31-33-43(45)47-49-50-48(59-47)44-34-32-42(40-61(52,57-11-5)58-12-6)38-46(44)54-36-30-28-26-24-22-20-18-16-14-8-2/h31-34,37-38H,7-30,35-36,39-40H2,1-6H3. The number of hydrogen-bond acceptors (Lipinski definition) is 11. The Morgan fingerprint density at radius 2 is 0.754 bits per heavy atom. The number of hydrogen-bond donors (Lipinski definition) is 0. The molecule has 0 amide bonds. The maximum Gasteiger partial charge on any atom is 0.335 e. The minimum atomic E-state index is -3.35. The van der Waals surface area contributed by atoms with Gasteiger partial charge in [0.2, 0.25) is 0 Å². The van der Waals surface area contributed by atoms with Crippen LogP contribution in [0.15, 0.2) is 40.8 Å². The quantitative estimate of drug-likeness (QED) is 0.0403. The fourth-order valence-electron chi connectivity index (χ4n) is 7.40. The summed E-state index contributed by atoms with van der Waals surface area (Å²) in [6.45, 7) is 13.9. The van der Waals surface area contributed by atoms with Gasteiger partial charge in [-0.25, -0.2) is 0 Å². The van der Waals surface area contributed by atoms with Crippen molar-refractivity contribution in [2.45, 2.75) is 182 Å². The van der Waals surface area contributed by atoms with Gasteiger partial charge in [-0.15, -0.1) is 10.2 Å². The van der Waals surface area contributed by atoms with Gasteiger partial charge in [0.05, 0.1) is 63.1 Å². The first-order chi connectivity index (χ1) is 29.7. The second-order valence-corrected chi connectivity index (χ2v) is 20.0. The van der Waals surface area contributed by atoms with Crippen LogP contribution in [0.3, 0.4) is 0 Å². The number of rotatable bonds is 38. The Morgan fingerprint density at radius 3 is 1.07 bits per heavy atom. The zero-order valence-electron chi connectivity index (χ0n) is 38.7. The van der Waals surface area contributed by atoms with Crippen molar-refractivity contribution in [3.8, 4) is 34.4 Å². The summed E-state index contributed by atoms with van der Waals surface area (Å²) in [5, 5.41) is 8.97. The van der Waals surface area contributed by atoms with Crippen LogP contribution >= 0.6 is 15.2 Å². The lowest BCUT2D eigenvalue weighted by Crippen LogP contribution is -2.02. The third-order valence-electron chi connectivity index (χ3n) is 10.5. The summed E-state index contributed by atoms with van der Waals surface area (Å²) in [4.78, 5) is 0. The van der Waals surface area contributed by atoms with E-state index in [1.54, 1.807) is 0 Å². The molecule has 0 N–H and O–H groups in total. The van der Waals surface area contributed by atoms with Crippen LogP contribution in [-0.4, -0.2) is 49.8 Å². The predicted octanol–water partition coefficient (Wildman–Crippen LogP) is 15.5. The Morgan fingerprint density at radius 1 is 0.443 bits per heavy atom. The normalized spacial score (nSPS) is 12.0. The van der Waals surface area contributed by atoms with Crippen molar-refractivity contribution < 1.29 is 41.1 Å². The Kier molecular flexibility index (Phi) is 27.1. The minimum absolute atomic E-state index is 0.115. The molecule has 0 aliphatic carbocycles. The molecule has 1 heterocycles. The molecule has 346 valence electrons. The van der Waals surface area contributed by atoms with Crippen LogP contribution in [0.4, 0.5) is 0 Å². The topological polar surface area (TPSA) is 128 Å². The van der Waals surface area contributed by atoms with Crippen LogP contribution in [0.25, 0.3) is 22.9 Å². The summed E-state index contributed by atoms with van der Waals surface area (Å²) in [5.41, 5.74) is 2.80. The third kappa shape index (κ3) is 20.7. The van der Waals surface area contributed by atoms with E-state index in [1.165, 1.54) is 103 Å². The highest BCUT2D eigenvalue weighted by atomic mass is 31.2. The first kappa shape index (κ1) is 52.8. The Balaban J connectivity index is 1.81. The van der Waals surface area contributed by atoms with Crippen molar-refractivity contribution in [2.75, 3.05) is 39.6 Å². The molecule has 0 radical (unpaired) electrons. The molecular formula is C48H80N2O9P2. The van der Waals surface area contributed by atoms with Crippen molar-refractivity contribution in [3.05, 3.63) is 47.5 Å². The van der Waals surface area contributed by atoms with Gasteiger partial charge >= 0.3 is 15.2 Å². The maximum absolute atomic E-state index is 13.5. The van der Waals surface area contributed by atoms with Crippen molar-refractivity contribution >= 4 is 15.2 Å². The van der Waals surface area contributed by atoms with Crippen LogP contribution in [0, 0.1) is 0 Å². The third-order valence-corrected chi connectivity index (χ3v) is 14.7. The van der Waals surface area contributed by atoms with E-state index in [1.807, 2.05) is 64.1 Å². The lowest BCUT2D eigenvalue weighted by atomic mass is 10.1. The first-order valence-electron chi connectivity index (χ1n) is 23.8. The second-order valence-electron chi connectivity index (χ2n) is 15.8. The predicted molar refractivity (Wildman–Crippen MR) is 249 cm³/mol. The molecule has 61 heavy (non-hydrogen) atoms. The van der Waals surface area contributed by atoms with Crippen molar-refractivity contribution in [3.63, 3.8) is 0 Å². The molecule has 0 fully saturated rings. The Hall–Kier alpha value is -2.52. The highest BCUT2D eigenvalue weighted by Gasteiger charge is 2.27. The molecule has 0 aliphatic rings. The zero-order valence-corrected chi connectivity index (χ0v) is 40.5. The molecule has 0 saturated carbocycles. The number of unbranched alkanes of at least 4 members (excludes halogenated alkanes) is 18. The summed E-state index contributed by atoms with van der Waals surface area (Å²) < 4.78 is 68.7. The van der Waals surface area contributed by atoms with Gasteiger partial charge in [-0.1, -0.05) is 142 Å². The van der Waals surface area contributed by atoms with Gasteiger partial charge in [-0.05, 0) is 75.9 Å². The average molecular weight is 891 g/mol. The van der Waals surface area contributed by atoms with E-state index in [0.717, 1.165) is 36.8 Å². The molecule has 13 heteroatoms. The SMILES string of the molecule is CCCCCCCCCCCCOc1cc(CP(=O)(OCC)OCC)ccc1-c1nnc(-c2ccc(CP(=O)(OCC)OCC)cc2OCCCCCCCCCCCC)o1. The van der Waals surface area contributed by atoms with E-state index >= 15 is 0 Å². The smallest absolute Gasteiger partial charge is 0.335 e. The molecule has 0 aliphatic heterocycles. The van der Waals surface area contributed by atoms with Gasteiger partial charge in [0.25, 0.3) is 11.8 Å². The summed E-state index contributed by atoms with van der Waals surface area (Å²) in [5.74, 6) is 1.72. The van der Waals surface area contributed by atoms with E-state index in [9.17, 15) is 9.13 Å². The van der Waals surface area contributed by atoms with E-state index in [2.05, 4.69) is 24.0 Å². The highest BCUT2D eigenvalue weighted by Crippen LogP contribution is 2.53. The van der Waals surface area contributed by atoms with Gasteiger partial charge in [0, 0.05) is 0 Å². The van der Waals surface area contributed by atoms with E-state index < -0.39 is 15.2 Å². The molecule has 3 rings (SSSR count). The average Bonchev–Trinajstić information content (AvgIpc) is 3.72. The molecule has 1 aromatic heterocycles. The van der Waals surface area contributed by atoms with Crippen LogP contribution in [0.5, 0.6) is 11.5 Å². The Bertz CT molecular complexity index is 1560. The van der Waals surface area contributed by atoms with E-state index in [0.29, 0.717) is 47.6 Å². The number of benzene rings is 2. The van der Waals surface area contributed by atoms with Crippen LogP contribution in [0.2, 0.25) is 0 Å². The number of nitrogens with zero attached hydrogens (tertiary/aromatic N) is 2. The summed E-state index contributed by atoms with van der Waals surface area (Å²) in [6.07, 6.45) is 24.8. The molecular weight excluding hydrogens is 810 g/mol. The lowest BCUT2D eigenvalue weighted by Gasteiger charge is -2.18. The molecule has 0 saturated heterocycles. The Labute approximate surface area is 369 Å². The highest BCUT2D eigenvalue weighted by molar-refractivity contribution is 7.53. The lowest BCUT2D eigenvalue weighted by molar-refractivity contribution is 0.218. The largest absolute Gasteiger partial charge is 0.493 e. The first-order valence-corrected chi connectivity index (χ1v) is 27.3. The molecule has 0 atom stereocenters. The second kappa shape index (κ2) is 31.3. The molecule has 3 aromatic rings. The maximum atomic E-state index is 13.5. The van der Waals surface area contributed by atoms with Gasteiger partial charge in [-0.2, -0.15) is 0 Å². The molecule has 0 bridgehead atoms. The van der Waals surface area contributed by atoms with Gasteiger partial charge in [0.1, 0.15) is 11.5 Å². The summed E-state index contributed by atoms with van der Waals surface area (Å²) in [6, 6.07) is 11.3. The van der Waals surface area contributed by atoms with Crippen LogP contribution in [0.1, 0.15) is 181 Å². The summed E-state index contributed by atoms with van der Waals surface area (Å²) >= 11 is 0. The molecule has 11 nitrogen and oxygen atoms in total. The van der Waals surface area contributed by atoms with E-state index in [4.69, 9.17) is 32.0 Å². The van der Waals surface area contributed by atoms with Crippen molar-refractivity contribution in [1.82, 2.24) is 10.2 Å². The summed E-state index contributed by atoms with van der Waals surface area (Å²) in [7, 11) is -6.70. The fourth-order valence-corrected chi connectivity index (χ4v) is 10.8. The van der Waals surface area contributed by atoms with Crippen LogP contribution in [-0.2, 0) is 39.5 Å².